The topological polar surface area (TPSA) is 33.5 Å². The summed E-state index contributed by atoms with van der Waals surface area (Å²) in [6, 6.07) is 10.0. The molecule has 1 aromatic carbocycles. The molecule has 0 bridgehead atoms. The number of carbonyl (C=O) groups excluding carboxylic acids is 1. The molecule has 2 rings (SSSR count). The molecule has 0 aliphatic carbocycles. The lowest BCUT2D eigenvalue weighted by Crippen LogP contribution is -3.11. The number of benzene rings is 1. The monoisotopic (exact) mass is 363 g/mol. The fraction of sp³-hybridized carbons (Fsp3) is 0.316. The highest BCUT2D eigenvalue weighted by atomic mass is 35.5. The molecule has 0 spiro atoms. The zero-order valence-electron chi connectivity index (χ0n) is 14.2. The second kappa shape index (κ2) is 9.02. The number of hydrogen-bond donors (Lipinski definition) is 2. The van der Waals surface area contributed by atoms with E-state index < -0.39 is 0 Å². The van der Waals surface area contributed by atoms with E-state index in [2.05, 4.69) is 24.9 Å². The van der Waals surface area contributed by atoms with Crippen LogP contribution in [0.5, 0.6) is 0 Å². The van der Waals surface area contributed by atoms with Gasteiger partial charge in [-0.15, -0.1) is 11.3 Å². The van der Waals surface area contributed by atoms with Gasteiger partial charge >= 0.3 is 0 Å². The maximum atomic E-state index is 12.5. The fourth-order valence-electron chi connectivity index (χ4n) is 2.72. The van der Waals surface area contributed by atoms with Crippen molar-refractivity contribution in [2.24, 2.45) is 0 Å². The minimum absolute atomic E-state index is 0.0264. The van der Waals surface area contributed by atoms with E-state index in [1.54, 1.807) is 11.3 Å². The minimum atomic E-state index is 0.0264. The van der Waals surface area contributed by atoms with Crippen molar-refractivity contribution in [3.05, 3.63) is 63.3 Å². The van der Waals surface area contributed by atoms with Crippen LogP contribution >= 0.6 is 22.9 Å². The lowest BCUT2D eigenvalue weighted by atomic mass is 10.1. The number of halogens is 1. The van der Waals surface area contributed by atoms with E-state index in [4.69, 9.17) is 11.6 Å². The summed E-state index contributed by atoms with van der Waals surface area (Å²) in [7, 11) is 0. The summed E-state index contributed by atoms with van der Waals surface area (Å²) in [5.74, 6) is 0.0264. The zero-order valence-corrected chi connectivity index (χ0v) is 15.8. The van der Waals surface area contributed by atoms with E-state index in [1.165, 1.54) is 10.4 Å². The number of rotatable bonds is 8. The van der Waals surface area contributed by atoms with E-state index in [1.807, 2.05) is 37.3 Å². The average Bonchev–Trinajstić information content (AvgIpc) is 2.94. The molecule has 24 heavy (non-hydrogen) atoms. The molecule has 2 aromatic rings. The van der Waals surface area contributed by atoms with Crippen LogP contribution in [0, 0.1) is 6.92 Å². The second-order valence-electron chi connectivity index (χ2n) is 5.81. The van der Waals surface area contributed by atoms with Crippen molar-refractivity contribution in [2.45, 2.75) is 26.8 Å². The number of para-hydroxylation sites is 1. The fourth-order valence-corrected chi connectivity index (χ4v) is 3.88. The standard InChI is InChI=1S/C19H23ClN2OS/c1-4-11-22(12-16-9-10-17(20)24-16)13-18(23)21-19-14(3)7-6-8-15(19)5-2/h4,6-10H,1,5,11-13H2,2-3H3,(H,21,23)/p+1. The molecule has 0 saturated carbocycles. The summed E-state index contributed by atoms with van der Waals surface area (Å²) in [4.78, 5) is 14.8. The van der Waals surface area contributed by atoms with Gasteiger partial charge in [-0.3, -0.25) is 4.79 Å². The molecule has 1 heterocycles. The Bertz CT molecular complexity index is 711. The van der Waals surface area contributed by atoms with E-state index >= 15 is 0 Å². The molecule has 2 N–H and O–H groups in total. The Morgan fingerprint density at radius 3 is 2.79 bits per heavy atom. The second-order valence-corrected chi connectivity index (χ2v) is 7.61. The number of hydrogen-bond acceptors (Lipinski definition) is 2. The van der Waals surface area contributed by atoms with Crippen LogP contribution < -0.4 is 10.2 Å². The highest BCUT2D eigenvalue weighted by molar-refractivity contribution is 7.16. The number of aryl methyl sites for hydroxylation is 2. The van der Waals surface area contributed by atoms with Crippen LogP contribution in [0.1, 0.15) is 22.9 Å². The van der Waals surface area contributed by atoms with Crippen molar-refractivity contribution >= 4 is 34.5 Å². The van der Waals surface area contributed by atoms with Gasteiger partial charge in [-0.1, -0.05) is 43.3 Å². The van der Waals surface area contributed by atoms with Gasteiger partial charge in [0.1, 0.15) is 6.54 Å². The van der Waals surface area contributed by atoms with Crippen LogP contribution in [0.2, 0.25) is 4.34 Å². The molecule has 0 aliphatic rings. The Morgan fingerprint density at radius 1 is 1.38 bits per heavy atom. The first-order valence-corrected chi connectivity index (χ1v) is 9.30. The van der Waals surface area contributed by atoms with E-state index in [0.29, 0.717) is 6.54 Å². The van der Waals surface area contributed by atoms with Gasteiger partial charge in [0, 0.05) is 5.69 Å². The maximum Gasteiger partial charge on any atom is 0.279 e. The molecule has 1 aromatic heterocycles. The van der Waals surface area contributed by atoms with Gasteiger partial charge in [-0.2, -0.15) is 0 Å². The van der Waals surface area contributed by atoms with Gasteiger partial charge in [-0.05, 0) is 42.7 Å². The molecule has 0 aliphatic heterocycles. The van der Waals surface area contributed by atoms with Crippen molar-refractivity contribution in [2.75, 3.05) is 18.4 Å². The smallest absolute Gasteiger partial charge is 0.279 e. The summed E-state index contributed by atoms with van der Waals surface area (Å²) in [6.45, 7) is 9.83. The van der Waals surface area contributed by atoms with Gasteiger partial charge in [-0.25, -0.2) is 0 Å². The van der Waals surface area contributed by atoms with Gasteiger partial charge in [0.05, 0.1) is 15.8 Å². The predicted octanol–water partition coefficient (Wildman–Crippen LogP) is 3.48. The maximum absolute atomic E-state index is 12.5. The van der Waals surface area contributed by atoms with Gasteiger partial charge in [0.2, 0.25) is 0 Å². The van der Waals surface area contributed by atoms with Crippen molar-refractivity contribution in [1.82, 2.24) is 0 Å². The van der Waals surface area contributed by atoms with Crippen molar-refractivity contribution in [3.63, 3.8) is 0 Å². The Labute approximate surface area is 152 Å². The first-order valence-electron chi connectivity index (χ1n) is 8.10. The van der Waals surface area contributed by atoms with Crippen LogP contribution in [0.15, 0.2) is 43.0 Å². The van der Waals surface area contributed by atoms with Gasteiger partial charge in [0.25, 0.3) is 5.91 Å². The first-order chi connectivity index (χ1) is 11.5. The summed E-state index contributed by atoms with van der Waals surface area (Å²) >= 11 is 7.55. The molecule has 0 fully saturated rings. The summed E-state index contributed by atoms with van der Waals surface area (Å²) in [5, 5.41) is 3.09. The zero-order chi connectivity index (χ0) is 17.5. The summed E-state index contributed by atoms with van der Waals surface area (Å²) in [6.07, 6.45) is 2.75. The van der Waals surface area contributed by atoms with Crippen LogP contribution in [0.3, 0.4) is 0 Å². The molecule has 1 unspecified atom stereocenters. The molecule has 128 valence electrons. The van der Waals surface area contributed by atoms with E-state index in [0.717, 1.165) is 40.0 Å². The molecular formula is C19H24ClN2OS+. The number of nitrogens with one attached hydrogen (secondary N) is 2. The molecule has 5 heteroatoms. The number of quaternary nitrogens is 1. The lowest BCUT2D eigenvalue weighted by molar-refractivity contribution is -0.899. The van der Waals surface area contributed by atoms with E-state index in [-0.39, 0.29) is 5.91 Å². The molecule has 3 nitrogen and oxygen atoms in total. The average molecular weight is 364 g/mol. The molecule has 0 radical (unpaired) electrons. The highest BCUT2D eigenvalue weighted by Gasteiger charge is 2.16. The quantitative estimate of drug-likeness (QED) is 0.692. The Morgan fingerprint density at radius 2 is 2.17 bits per heavy atom. The summed E-state index contributed by atoms with van der Waals surface area (Å²) in [5.41, 5.74) is 3.21. The molecule has 1 atom stereocenters. The SMILES string of the molecule is C=CC[NH+](CC(=O)Nc1c(C)cccc1CC)Cc1ccc(Cl)s1. The number of anilines is 1. The van der Waals surface area contributed by atoms with E-state index in [9.17, 15) is 4.79 Å². The largest absolute Gasteiger partial charge is 0.321 e. The number of carbonyl (C=O) groups is 1. The molecule has 1 amide bonds. The van der Waals surface area contributed by atoms with Crippen LogP contribution in [0.25, 0.3) is 0 Å². The minimum Gasteiger partial charge on any atom is -0.321 e. The van der Waals surface area contributed by atoms with Crippen molar-refractivity contribution in [3.8, 4) is 0 Å². The van der Waals surface area contributed by atoms with Gasteiger partial charge in [0.15, 0.2) is 6.54 Å². The predicted molar refractivity (Wildman–Crippen MR) is 103 cm³/mol. The molecule has 0 saturated heterocycles. The Hall–Kier alpha value is -1.62. The first kappa shape index (κ1) is 18.7. The normalized spacial score (nSPS) is 12.0. The van der Waals surface area contributed by atoms with Crippen LogP contribution in [-0.2, 0) is 17.8 Å². The summed E-state index contributed by atoms with van der Waals surface area (Å²) < 4.78 is 0.778. The third-order valence-corrected chi connectivity index (χ3v) is 5.13. The number of amides is 1. The van der Waals surface area contributed by atoms with Gasteiger partial charge < -0.3 is 10.2 Å². The number of thiophene rings is 1. The Balaban J connectivity index is 2.04. The van der Waals surface area contributed by atoms with Crippen LogP contribution in [-0.4, -0.2) is 19.0 Å². The molecular weight excluding hydrogens is 340 g/mol. The lowest BCUT2D eigenvalue weighted by Gasteiger charge is -2.18. The highest BCUT2D eigenvalue weighted by Crippen LogP contribution is 2.21. The third-order valence-electron chi connectivity index (χ3n) is 3.90. The van der Waals surface area contributed by atoms with Crippen LogP contribution in [0.4, 0.5) is 5.69 Å². The Kier molecular flexibility index (Phi) is 7.03. The van der Waals surface area contributed by atoms with Crippen molar-refractivity contribution < 1.29 is 9.69 Å². The third kappa shape index (κ3) is 5.20. The van der Waals surface area contributed by atoms with Crippen molar-refractivity contribution in [1.29, 1.82) is 0 Å².